The molecule has 0 saturated carbocycles. The zero-order valence-corrected chi connectivity index (χ0v) is 11.1. The lowest BCUT2D eigenvalue weighted by Gasteiger charge is -2.27. The van der Waals surface area contributed by atoms with E-state index in [9.17, 15) is 14.9 Å². The molecule has 7 heteroatoms. The fourth-order valence-electron chi connectivity index (χ4n) is 1.83. The minimum Gasteiger partial charge on any atom is -0.336 e. The first-order valence-electron chi connectivity index (χ1n) is 5.53. The Morgan fingerprint density at radius 3 is 2.67 bits per heavy atom. The maximum Gasteiger partial charge on any atom is 0.270 e. The SMILES string of the molecule is O=C(c1cc([N+](=O)[O-])ccc1Br)N1CCNCC1. The molecular weight excluding hydrogens is 302 g/mol. The predicted octanol–water partition coefficient (Wildman–Crippen LogP) is 1.40. The molecule has 0 spiro atoms. The van der Waals surface area contributed by atoms with Crippen LogP contribution in [0.25, 0.3) is 0 Å². The highest BCUT2D eigenvalue weighted by Gasteiger charge is 2.22. The molecule has 0 unspecified atom stereocenters. The van der Waals surface area contributed by atoms with Crippen molar-refractivity contribution in [2.24, 2.45) is 0 Å². The summed E-state index contributed by atoms with van der Waals surface area (Å²) < 4.78 is 0.580. The first-order chi connectivity index (χ1) is 8.59. The minimum atomic E-state index is -0.499. The van der Waals surface area contributed by atoms with Crippen LogP contribution in [-0.2, 0) is 0 Å². The van der Waals surface area contributed by atoms with Crippen LogP contribution in [-0.4, -0.2) is 41.9 Å². The van der Waals surface area contributed by atoms with Crippen molar-refractivity contribution in [3.8, 4) is 0 Å². The van der Waals surface area contributed by atoms with Crippen LogP contribution in [0, 0.1) is 10.1 Å². The topological polar surface area (TPSA) is 75.5 Å². The van der Waals surface area contributed by atoms with Gasteiger partial charge in [-0.25, -0.2) is 0 Å². The number of nitrogens with zero attached hydrogens (tertiary/aromatic N) is 2. The summed E-state index contributed by atoms with van der Waals surface area (Å²) in [4.78, 5) is 24.2. The Bertz CT molecular complexity index is 486. The van der Waals surface area contributed by atoms with E-state index in [2.05, 4.69) is 21.2 Å². The fourth-order valence-corrected chi connectivity index (χ4v) is 2.25. The Morgan fingerprint density at radius 2 is 2.06 bits per heavy atom. The van der Waals surface area contributed by atoms with Crippen molar-refractivity contribution >= 4 is 27.5 Å². The summed E-state index contributed by atoms with van der Waals surface area (Å²) in [7, 11) is 0. The molecule has 1 saturated heterocycles. The number of hydrogen-bond donors (Lipinski definition) is 1. The van der Waals surface area contributed by atoms with Crippen LogP contribution in [0.5, 0.6) is 0 Å². The second kappa shape index (κ2) is 5.45. The summed E-state index contributed by atoms with van der Waals surface area (Å²) in [6.07, 6.45) is 0. The van der Waals surface area contributed by atoms with Crippen LogP contribution in [0.1, 0.15) is 10.4 Å². The molecule has 0 aromatic heterocycles. The van der Waals surface area contributed by atoms with Crippen molar-refractivity contribution in [2.45, 2.75) is 0 Å². The minimum absolute atomic E-state index is 0.0725. The van der Waals surface area contributed by atoms with Gasteiger partial charge in [0.2, 0.25) is 0 Å². The molecule has 6 nitrogen and oxygen atoms in total. The Kier molecular flexibility index (Phi) is 3.93. The smallest absolute Gasteiger partial charge is 0.270 e. The number of nitrogens with one attached hydrogen (secondary N) is 1. The summed E-state index contributed by atoms with van der Waals surface area (Å²) in [5.41, 5.74) is 0.266. The molecule has 96 valence electrons. The summed E-state index contributed by atoms with van der Waals surface area (Å²) in [5, 5.41) is 13.9. The van der Waals surface area contributed by atoms with E-state index in [-0.39, 0.29) is 11.6 Å². The predicted molar refractivity (Wildman–Crippen MR) is 69.6 cm³/mol. The number of piperazine rings is 1. The first kappa shape index (κ1) is 13.0. The molecule has 1 aromatic carbocycles. The molecule has 1 heterocycles. The van der Waals surface area contributed by atoms with Gasteiger partial charge < -0.3 is 10.2 Å². The number of halogens is 1. The zero-order valence-electron chi connectivity index (χ0n) is 9.56. The molecule has 1 N–H and O–H groups in total. The van der Waals surface area contributed by atoms with E-state index < -0.39 is 4.92 Å². The lowest BCUT2D eigenvalue weighted by Crippen LogP contribution is -2.46. The number of amides is 1. The Hall–Kier alpha value is -1.47. The molecule has 0 radical (unpaired) electrons. The second-order valence-corrected chi connectivity index (χ2v) is 4.82. The number of hydrogen-bond acceptors (Lipinski definition) is 4. The van der Waals surface area contributed by atoms with Crippen LogP contribution < -0.4 is 5.32 Å². The highest BCUT2D eigenvalue weighted by atomic mass is 79.9. The van der Waals surface area contributed by atoms with Crippen molar-refractivity contribution < 1.29 is 9.72 Å². The molecule has 1 aliphatic heterocycles. The average Bonchev–Trinajstić information content (AvgIpc) is 2.39. The number of carbonyl (C=O) groups is 1. The second-order valence-electron chi connectivity index (χ2n) is 3.96. The number of benzene rings is 1. The quantitative estimate of drug-likeness (QED) is 0.661. The largest absolute Gasteiger partial charge is 0.336 e. The molecule has 0 atom stereocenters. The van der Waals surface area contributed by atoms with Crippen molar-refractivity contribution in [3.63, 3.8) is 0 Å². The summed E-state index contributed by atoms with van der Waals surface area (Å²) in [5.74, 6) is -0.174. The molecule has 1 aliphatic rings. The standard InChI is InChI=1S/C11H12BrN3O3/c12-10-2-1-8(15(17)18)7-9(10)11(16)14-5-3-13-4-6-14/h1-2,7,13H,3-6H2. The van der Waals surface area contributed by atoms with Gasteiger partial charge in [0.1, 0.15) is 0 Å². The van der Waals surface area contributed by atoms with Gasteiger partial charge >= 0.3 is 0 Å². The zero-order chi connectivity index (χ0) is 13.1. The molecular formula is C11H12BrN3O3. The normalized spacial score (nSPS) is 15.5. The molecule has 1 fully saturated rings. The van der Waals surface area contributed by atoms with Gasteiger partial charge in [0.05, 0.1) is 10.5 Å². The van der Waals surface area contributed by atoms with Crippen LogP contribution in [0.15, 0.2) is 22.7 Å². The van der Waals surface area contributed by atoms with E-state index in [0.717, 1.165) is 13.1 Å². The van der Waals surface area contributed by atoms with E-state index in [1.165, 1.54) is 18.2 Å². The van der Waals surface area contributed by atoms with Gasteiger partial charge in [0, 0.05) is 42.8 Å². The van der Waals surface area contributed by atoms with Gasteiger partial charge in [-0.2, -0.15) is 0 Å². The Morgan fingerprint density at radius 1 is 1.39 bits per heavy atom. The number of nitro groups is 1. The third-order valence-corrected chi connectivity index (χ3v) is 3.49. The Labute approximate surface area is 112 Å². The summed E-state index contributed by atoms with van der Waals surface area (Å²) >= 11 is 3.26. The molecule has 18 heavy (non-hydrogen) atoms. The lowest BCUT2D eigenvalue weighted by molar-refractivity contribution is -0.384. The van der Waals surface area contributed by atoms with Crippen LogP contribution in [0.2, 0.25) is 0 Å². The number of carbonyl (C=O) groups excluding carboxylic acids is 1. The van der Waals surface area contributed by atoms with E-state index in [4.69, 9.17) is 0 Å². The summed E-state index contributed by atoms with van der Waals surface area (Å²) in [6, 6.07) is 4.22. The van der Waals surface area contributed by atoms with Crippen molar-refractivity contribution in [3.05, 3.63) is 38.3 Å². The van der Waals surface area contributed by atoms with Gasteiger partial charge in [-0.15, -0.1) is 0 Å². The molecule has 1 aromatic rings. The summed E-state index contributed by atoms with van der Waals surface area (Å²) in [6.45, 7) is 2.73. The van der Waals surface area contributed by atoms with Gasteiger partial charge in [-0.3, -0.25) is 14.9 Å². The maximum atomic E-state index is 12.2. The molecule has 0 bridgehead atoms. The van der Waals surface area contributed by atoms with Crippen LogP contribution in [0.4, 0.5) is 5.69 Å². The van der Waals surface area contributed by atoms with Gasteiger partial charge in [-0.05, 0) is 22.0 Å². The number of nitro benzene ring substituents is 1. The Balaban J connectivity index is 2.28. The van der Waals surface area contributed by atoms with E-state index in [1.54, 1.807) is 4.90 Å². The maximum absolute atomic E-state index is 12.2. The third-order valence-electron chi connectivity index (χ3n) is 2.80. The van der Waals surface area contributed by atoms with Crippen molar-refractivity contribution in [1.29, 1.82) is 0 Å². The molecule has 2 rings (SSSR count). The number of non-ortho nitro benzene ring substituents is 1. The van der Waals surface area contributed by atoms with Gasteiger partial charge in [0.15, 0.2) is 0 Å². The van der Waals surface area contributed by atoms with Crippen LogP contribution in [0.3, 0.4) is 0 Å². The monoisotopic (exact) mass is 313 g/mol. The fraction of sp³-hybridized carbons (Fsp3) is 0.364. The number of rotatable bonds is 2. The molecule has 1 amide bonds. The van der Waals surface area contributed by atoms with Gasteiger partial charge in [-0.1, -0.05) is 0 Å². The van der Waals surface area contributed by atoms with E-state index in [0.29, 0.717) is 23.1 Å². The highest BCUT2D eigenvalue weighted by molar-refractivity contribution is 9.10. The van der Waals surface area contributed by atoms with E-state index in [1.807, 2.05) is 0 Å². The van der Waals surface area contributed by atoms with Crippen molar-refractivity contribution in [2.75, 3.05) is 26.2 Å². The van der Waals surface area contributed by atoms with Crippen LogP contribution >= 0.6 is 15.9 Å². The molecule has 0 aliphatic carbocycles. The highest BCUT2D eigenvalue weighted by Crippen LogP contribution is 2.24. The average molecular weight is 314 g/mol. The van der Waals surface area contributed by atoms with Gasteiger partial charge in [0.25, 0.3) is 11.6 Å². The lowest BCUT2D eigenvalue weighted by atomic mass is 10.1. The third kappa shape index (κ3) is 2.68. The first-order valence-corrected chi connectivity index (χ1v) is 6.33. The van der Waals surface area contributed by atoms with Crippen molar-refractivity contribution in [1.82, 2.24) is 10.2 Å². The van der Waals surface area contributed by atoms with E-state index >= 15 is 0 Å².